The summed E-state index contributed by atoms with van der Waals surface area (Å²) in [6.45, 7) is -0.385. The first kappa shape index (κ1) is 16.5. The average Bonchev–Trinajstić information content (AvgIpc) is 2.34. The molecule has 1 aromatic rings. The van der Waals surface area contributed by atoms with Crippen molar-refractivity contribution in [1.29, 1.82) is 0 Å². The Balaban J connectivity index is 3.10. The second-order valence-corrected chi connectivity index (χ2v) is 6.20. The molecule has 9 heteroatoms. The number of hydrogen-bond donors (Lipinski definition) is 3. The lowest BCUT2D eigenvalue weighted by atomic mass is 10.3. The molecule has 0 aliphatic rings. The van der Waals surface area contributed by atoms with Gasteiger partial charge in [-0.15, -0.1) is 0 Å². The summed E-state index contributed by atoms with van der Waals surface area (Å²) in [6, 6.07) is 1.80. The van der Waals surface area contributed by atoms with Crippen molar-refractivity contribution in [2.24, 2.45) is 0 Å². The summed E-state index contributed by atoms with van der Waals surface area (Å²) >= 11 is 11.6. The number of rotatable bonds is 6. The molecule has 108 valence electrons. The number of methoxy groups -OCH3 is 1. The third kappa shape index (κ3) is 3.95. The van der Waals surface area contributed by atoms with Gasteiger partial charge in [-0.25, -0.2) is 13.1 Å². The molecule has 6 nitrogen and oxygen atoms in total. The lowest BCUT2D eigenvalue weighted by Crippen LogP contribution is -2.40. The van der Waals surface area contributed by atoms with E-state index in [1.807, 2.05) is 0 Å². The van der Waals surface area contributed by atoms with Crippen LogP contribution in [-0.4, -0.2) is 39.9 Å². The van der Waals surface area contributed by atoms with Crippen LogP contribution in [0.1, 0.15) is 0 Å². The summed E-state index contributed by atoms with van der Waals surface area (Å²) in [5.41, 5.74) is 5.56. The van der Waals surface area contributed by atoms with Crippen LogP contribution in [-0.2, 0) is 14.8 Å². The summed E-state index contributed by atoms with van der Waals surface area (Å²) < 4.78 is 31.2. The number of aliphatic hydroxyl groups excluding tert-OH is 1. The van der Waals surface area contributed by atoms with Crippen LogP contribution in [0, 0.1) is 0 Å². The molecule has 1 aromatic carbocycles. The Morgan fingerprint density at radius 3 is 2.63 bits per heavy atom. The highest BCUT2D eigenvalue weighted by atomic mass is 35.5. The summed E-state index contributed by atoms with van der Waals surface area (Å²) in [6.07, 6.45) is 0. The van der Waals surface area contributed by atoms with Crippen molar-refractivity contribution in [3.05, 3.63) is 22.2 Å². The lowest BCUT2D eigenvalue weighted by molar-refractivity contribution is 0.139. The molecule has 0 radical (unpaired) electrons. The Bertz CT molecular complexity index is 551. The average molecular weight is 329 g/mol. The van der Waals surface area contributed by atoms with E-state index in [0.717, 1.165) is 0 Å². The van der Waals surface area contributed by atoms with Gasteiger partial charge < -0.3 is 15.6 Å². The number of aliphatic hydroxyl groups is 1. The molecule has 0 saturated carbocycles. The Kier molecular flexibility index (Phi) is 5.84. The van der Waals surface area contributed by atoms with Gasteiger partial charge in [0, 0.05) is 7.11 Å². The Morgan fingerprint density at radius 1 is 1.47 bits per heavy atom. The van der Waals surface area contributed by atoms with E-state index in [1.54, 1.807) is 0 Å². The number of nitrogens with two attached hydrogens (primary N) is 1. The fourth-order valence-electron chi connectivity index (χ4n) is 1.36. The minimum absolute atomic E-state index is 0.0153. The Morgan fingerprint density at radius 2 is 2.11 bits per heavy atom. The van der Waals surface area contributed by atoms with Gasteiger partial charge in [0.1, 0.15) is 4.90 Å². The van der Waals surface area contributed by atoms with Crippen LogP contribution in [0.25, 0.3) is 0 Å². The predicted molar refractivity (Wildman–Crippen MR) is 73.9 cm³/mol. The highest BCUT2D eigenvalue weighted by Crippen LogP contribution is 2.32. The summed E-state index contributed by atoms with van der Waals surface area (Å²) in [4.78, 5) is -0.203. The summed E-state index contributed by atoms with van der Waals surface area (Å²) in [5.74, 6) is 0. The number of benzene rings is 1. The summed E-state index contributed by atoms with van der Waals surface area (Å²) in [5, 5.41) is 9.06. The number of anilines is 1. The number of nitrogen functional groups attached to an aromatic ring is 1. The molecule has 0 amide bonds. The fourth-order valence-corrected chi connectivity index (χ4v) is 3.34. The Labute approximate surface area is 121 Å². The van der Waals surface area contributed by atoms with Gasteiger partial charge >= 0.3 is 0 Å². The van der Waals surface area contributed by atoms with E-state index in [0.29, 0.717) is 0 Å². The van der Waals surface area contributed by atoms with Crippen LogP contribution in [0.3, 0.4) is 0 Å². The minimum Gasteiger partial charge on any atom is -0.396 e. The van der Waals surface area contributed by atoms with E-state index < -0.39 is 22.7 Å². The number of hydrogen-bond acceptors (Lipinski definition) is 5. The van der Waals surface area contributed by atoms with Crippen LogP contribution >= 0.6 is 23.2 Å². The zero-order valence-electron chi connectivity index (χ0n) is 10.1. The molecule has 0 saturated heterocycles. The second kappa shape index (κ2) is 6.74. The lowest BCUT2D eigenvalue weighted by Gasteiger charge is -2.16. The molecule has 1 atom stereocenters. The Hall–Kier alpha value is -0.570. The van der Waals surface area contributed by atoms with Gasteiger partial charge in [-0.3, -0.25) is 0 Å². The van der Waals surface area contributed by atoms with Crippen LogP contribution in [0.15, 0.2) is 17.0 Å². The second-order valence-electron chi connectivity index (χ2n) is 3.73. The smallest absolute Gasteiger partial charge is 0.242 e. The molecule has 0 heterocycles. The van der Waals surface area contributed by atoms with Crippen LogP contribution in [0.5, 0.6) is 0 Å². The van der Waals surface area contributed by atoms with Crippen molar-refractivity contribution >= 4 is 38.9 Å². The van der Waals surface area contributed by atoms with Gasteiger partial charge in [-0.2, -0.15) is 0 Å². The normalized spacial score (nSPS) is 13.5. The van der Waals surface area contributed by atoms with Crippen LogP contribution < -0.4 is 10.5 Å². The van der Waals surface area contributed by atoms with Crippen molar-refractivity contribution in [2.75, 3.05) is 26.1 Å². The van der Waals surface area contributed by atoms with Gasteiger partial charge in [0.25, 0.3) is 0 Å². The summed E-state index contributed by atoms with van der Waals surface area (Å²) in [7, 11) is -2.53. The largest absolute Gasteiger partial charge is 0.396 e. The van der Waals surface area contributed by atoms with Gasteiger partial charge in [0.15, 0.2) is 0 Å². The first-order valence-corrected chi connectivity index (χ1v) is 7.43. The topological polar surface area (TPSA) is 102 Å². The van der Waals surface area contributed by atoms with Crippen molar-refractivity contribution in [2.45, 2.75) is 10.9 Å². The van der Waals surface area contributed by atoms with E-state index in [9.17, 15) is 8.42 Å². The molecular formula is C10H14Cl2N2O4S. The molecule has 4 N–H and O–H groups in total. The maximum atomic E-state index is 12.1. The standard InChI is InChI=1S/C10H14Cl2N2O4S/c1-18-5-6(4-15)14-19(16,17)8-3-2-7(11)10(13)9(8)12/h2-3,6,14-15H,4-5,13H2,1H3. The molecule has 1 rings (SSSR count). The number of sulfonamides is 1. The number of ether oxygens (including phenoxy) is 1. The molecule has 0 fully saturated rings. The van der Waals surface area contributed by atoms with Crippen LogP contribution in [0.2, 0.25) is 10.0 Å². The zero-order valence-corrected chi connectivity index (χ0v) is 12.4. The quantitative estimate of drug-likeness (QED) is 0.672. The minimum atomic E-state index is -3.92. The van der Waals surface area contributed by atoms with Gasteiger partial charge in [0.2, 0.25) is 10.0 Å². The van der Waals surface area contributed by atoms with Crippen LogP contribution in [0.4, 0.5) is 5.69 Å². The maximum absolute atomic E-state index is 12.1. The zero-order chi connectivity index (χ0) is 14.6. The van der Waals surface area contributed by atoms with Gasteiger partial charge in [-0.1, -0.05) is 23.2 Å². The maximum Gasteiger partial charge on any atom is 0.242 e. The molecule has 0 spiro atoms. The van der Waals surface area contributed by atoms with E-state index in [4.69, 9.17) is 38.8 Å². The monoisotopic (exact) mass is 328 g/mol. The highest BCUT2D eigenvalue weighted by molar-refractivity contribution is 7.89. The predicted octanol–water partition coefficient (Wildman–Crippen LogP) is 0.861. The third-order valence-electron chi connectivity index (χ3n) is 2.29. The van der Waals surface area contributed by atoms with E-state index >= 15 is 0 Å². The van der Waals surface area contributed by atoms with Crippen molar-refractivity contribution in [1.82, 2.24) is 4.72 Å². The molecule has 0 aromatic heterocycles. The molecule has 1 unspecified atom stereocenters. The first-order valence-electron chi connectivity index (χ1n) is 5.19. The van der Waals surface area contributed by atoms with Gasteiger partial charge in [0.05, 0.1) is 35.0 Å². The molecule has 0 aliphatic carbocycles. The number of nitrogens with one attached hydrogen (secondary N) is 1. The third-order valence-corrected chi connectivity index (χ3v) is 4.70. The van der Waals surface area contributed by atoms with Crippen molar-refractivity contribution < 1.29 is 18.3 Å². The first-order chi connectivity index (χ1) is 8.83. The van der Waals surface area contributed by atoms with E-state index in [1.165, 1.54) is 19.2 Å². The number of halogens is 2. The highest BCUT2D eigenvalue weighted by Gasteiger charge is 2.24. The SMILES string of the molecule is COCC(CO)NS(=O)(=O)c1ccc(Cl)c(N)c1Cl. The van der Waals surface area contributed by atoms with E-state index in [-0.39, 0.29) is 27.2 Å². The molecule has 0 bridgehead atoms. The molecule has 0 aliphatic heterocycles. The fraction of sp³-hybridized carbons (Fsp3) is 0.400. The van der Waals surface area contributed by atoms with Gasteiger partial charge in [-0.05, 0) is 12.1 Å². The van der Waals surface area contributed by atoms with E-state index in [2.05, 4.69) is 4.72 Å². The molecular weight excluding hydrogens is 315 g/mol. The molecule has 19 heavy (non-hydrogen) atoms. The van der Waals surface area contributed by atoms with Crippen molar-refractivity contribution in [3.8, 4) is 0 Å². The van der Waals surface area contributed by atoms with Crippen molar-refractivity contribution in [3.63, 3.8) is 0 Å².